The first-order chi connectivity index (χ1) is 10.3. The first-order valence-electron chi connectivity index (χ1n) is 6.53. The summed E-state index contributed by atoms with van der Waals surface area (Å²) in [6.07, 6.45) is -5.26. The van der Waals surface area contributed by atoms with Crippen LogP contribution in [-0.4, -0.2) is 28.4 Å². The number of amides is 2. The highest BCUT2D eigenvalue weighted by molar-refractivity contribution is 7.15. The van der Waals surface area contributed by atoms with Crippen molar-refractivity contribution in [2.24, 2.45) is 5.92 Å². The molecule has 1 saturated carbocycles. The lowest BCUT2D eigenvalue weighted by molar-refractivity contribution is -0.164. The molecular weight excluding hydrogens is 331 g/mol. The van der Waals surface area contributed by atoms with Crippen LogP contribution in [-0.2, 0) is 0 Å². The second-order valence-electron chi connectivity index (χ2n) is 4.91. The van der Waals surface area contributed by atoms with Crippen LogP contribution in [0, 0.1) is 5.92 Å². The van der Waals surface area contributed by atoms with Gasteiger partial charge in [-0.25, -0.2) is 13.6 Å². The number of alkyl halides is 5. The van der Waals surface area contributed by atoms with E-state index in [0.717, 1.165) is 0 Å². The molecule has 1 aromatic heterocycles. The number of hydrogen-bond acceptors (Lipinski definition) is 4. The molecule has 1 heterocycles. The monoisotopic (exact) mass is 344 g/mol. The van der Waals surface area contributed by atoms with Crippen LogP contribution in [0.2, 0.25) is 0 Å². The van der Waals surface area contributed by atoms with Gasteiger partial charge >= 0.3 is 12.2 Å². The molecule has 2 amide bonds. The number of urea groups is 1. The van der Waals surface area contributed by atoms with Crippen LogP contribution in [0.4, 0.5) is 31.9 Å². The summed E-state index contributed by atoms with van der Waals surface area (Å²) < 4.78 is 63.7. The van der Waals surface area contributed by atoms with Gasteiger partial charge in [-0.15, -0.1) is 10.2 Å². The molecule has 0 saturated heterocycles. The van der Waals surface area contributed by atoms with Gasteiger partial charge in [0.15, 0.2) is 5.01 Å². The normalized spacial score (nSPS) is 17.7. The number of anilines is 1. The molecule has 124 valence electrons. The number of aromatic nitrogens is 2. The van der Waals surface area contributed by atoms with Crippen molar-refractivity contribution in [1.82, 2.24) is 15.5 Å². The number of hydrogen-bond donors (Lipinski definition) is 2. The lowest BCUT2D eigenvalue weighted by Crippen LogP contribution is -2.50. The molecule has 22 heavy (non-hydrogen) atoms. The van der Waals surface area contributed by atoms with Gasteiger partial charge in [-0.2, -0.15) is 13.2 Å². The summed E-state index contributed by atoms with van der Waals surface area (Å²) in [7, 11) is 0. The van der Waals surface area contributed by atoms with Crippen molar-refractivity contribution >= 4 is 22.5 Å². The van der Waals surface area contributed by atoms with Crippen molar-refractivity contribution in [3.05, 3.63) is 5.01 Å². The molecular formula is C11H13F5N4OS. The van der Waals surface area contributed by atoms with Crippen LogP contribution in [0.1, 0.15) is 37.1 Å². The van der Waals surface area contributed by atoms with E-state index in [0.29, 0.717) is 37.0 Å². The molecule has 0 aliphatic heterocycles. The van der Waals surface area contributed by atoms with Crippen molar-refractivity contribution in [3.63, 3.8) is 0 Å². The molecule has 2 rings (SSSR count). The Labute approximate surface area is 126 Å². The Morgan fingerprint density at radius 1 is 1.23 bits per heavy atom. The largest absolute Gasteiger partial charge is 0.408 e. The number of rotatable bonds is 4. The summed E-state index contributed by atoms with van der Waals surface area (Å²) in [5.74, 6) is -0.670. The molecule has 0 spiro atoms. The molecule has 2 N–H and O–H groups in total. The van der Waals surface area contributed by atoms with E-state index in [9.17, 15) is 26.7 Å². The molecule has 1 aromatic rings. The van der Waals surface area contributed by atoms with E-state index in [4.69, 9.17) is 0 Å². The molecule has 5 nitrogen and oxygen atoms in total. The average Bonchev–Trinajstić information content (AvgIpc) is 3.05. The zero-order valence-electron chi connectivity index (χ0n) is 11.2. The van der Waals surface area contributed by atoms with Crippen LogP contribution in [0.3, 0.4) is 0 Å². The molecule has 1 aliphatic rings. The maximum absolute atomic E-state index is 13.0. The Morgan fingerprint density at radius 2 is 1.86 bits per heavy atom. The minimum atomic E-state index is -4.57. The van der Waals surface area contributed by atoms with Crippen molar-refractivity contribution in [2.45, 2.75) is 44.3 Å². The molecule has 1 aliphatic carbocycles. The third-order valence-corrected chi connectivity index (χ3v) is 4.20. The van der Waals surface area contributed by atoms with Gasteiger partial charge in [-0.1, -0.05) is 24.2 Å². The number of carbonyl (C=O) groups excluding carboxylic acids is 1. The molecule has 0 bridgehead atoms. The van der Waals surface area contributed by atoms with Gasteiger partial charge in [-0.05, 0) is 18.8 Å². The number of nitrogens with zero attached hydrogens (tertiary/aromatic N) is 2. The Morgan fingerprint density at radius 3 is 2.36 bits per heavy atom. The van der Waals surface area contributed by atoms with Crippen LogP contribution >= 0.6 is 11.3 Å². The summed E-state index contributed by atoms with van der Waals surface area (Å²) in [4.78, 5) is 11.6. The van der Waals surface area contributed by atoms with E-state index in [2.05, 4.69) is 10.2 Å². The fourth-order valence-electron chi connectivity index (χ4n) is 2.41. The predicted molar refractivity (Wildman–Crippen MR) is 68.8 cm³/mol. The van der Waals surface area contributed by atoms with Crippen molar-refractivity contribution in [1.29, 1.82) is 0 Å². The summed E-state index contributed by atoms with van der Waals surface area (Å²) in [5.41, 5.74) is 0. The maximum atomic E-state index is 13.0. The van der Waals surface area contributed by atoms with Gasteiger partial charge in [0, 0.05) is 0 Å². The minimum Gasteiger partial charge on any atom is -0.326 e. The maximum Gasteiger partial charge on any atom is 0.408 e. The van der Waals surface area contributed by atoms with E-state index in [-0.39, 0.29) is 5.13 Å². The Kier molecular flexibility index (Phi) is 5.14. The Balaban J connectivity index is 1.98. The quantitative estimate of drug-likeness (QED) is 0.818. The Bertz CT molecular complexity index is 515. The van der Waals surface area contributed by atoms with Crippen LogP contribution in [0.5, 0.6) is 0 Å². The van der Waals surface area contributed by atoms with E-state index in [1.54, 1.807) is 0 Å². The van der Waals surface area contributed by atoms with Gasteiger partial charge < -0.3 is 5.32 Å². The van der Waals surface area contributed by atoms with Gasteiger partial charge in [0.1, 0.15) is 6.04 Å². The van der Waals surface area contributed by atoms with E-state index in [1.165, 1.54) is 0 Å². The SMILES string of the molecule is O=C(Nc1nnc(C(F)F)s1)N[C@H](C1CCCC1)C(F)(F)F. The summed E-state index contributed by atoms with van der Waals surface area (Å²) >= 11 is 0.411. The molecule has 11 heteroatoms. The van der Waals surface area contributed by atoms with Gasteiger partial charge in [-0.3, -0.25) is 5.32 Å². The van der Waals surface area contributed by atoms with Crippen LogP contribution in [0.25, 0.3) is 0 Å². The molecule has 1 atom stereocenters. The molecule has 0 aromatic carbocycles. The second kappa shape index (κ2) is 6.71. The predicted octanol–water partition coefficient (Wildman–Crippen LogP) is 3.72. The second-order valence-corrected chi connectivity index (χ2v) is 5.92. The number of carbonyl (C=O) groups is 1. The van der Waals surface area contributed by atoms with E-state index >= 15 is 0 Å². The molecule has 0 radical (unpaired) electrons. The first-order valence-corrected chi connectivity index (χ1v) is 7.35. The van der Waals surface area contributed by atoms with Gasteiger partial charge in [0.25, 0.3) is 6.43 Å². The lowest BCUT2D eigenvalue weighted by atomic mass is 9.98. The summed E-state index contributed by atoms with van der Waals surface area (Å²) in [5, 5.41) is 9.38. The fourth-order valence-corrected chi connectivity index (χ4v) is 3.00. The fraction of sp³-hybridized carbons (Fsp3) is 0.727. The third-order valence-electron chi connectivity index (χ3n) is 3.36. The summed E-state index contributed by atoms with van der Waals surface area (Å²) in [6, 6.07) is -3.09. The molecule has 1 fully saturated rings. The highest BCUT2D eigenvalue weighted by Crippen LogP contribution is 2.35. The van der Waals surface area contributed by atoms with E-state index in [1.807, 2.05) is 10.6 Å². The highest BCUT2D eigenvalue weighted by atomic mass is 32.1. The summed E-state index contributed by atoms with van der Waals surface area (Å²) in [6.45, 7) is 0. The number of halogens is 5. The van der Waals surface area contributed by atoms with Crippen LogP contribution in [0.15, 0.2) is 0 Å². The van der Waals surface area contributed by atoms with Gasteiger partial charge in [0.2, 0.25) is 5.13 Å². The van der Waals surface area contributed by atoms with Gasteiger partial charge in [0.05, 0.1) is 0 Å². The average molecular weight is 344 g/mol. The highest BCUT2D eigenvalue weighted by Gasteiger charge is 2.46. The van der Waals surface area contributed by atoms with E-state index < -0.39 is 35.6 Å². The topological polar surface area (TPSA) is 66.9 Å². The zero-order chi connectivity index (χ0) is 16.3. The van der Waals surface area contributed by atoms with Crippen molar-refractivity contribution < 1.29 is 26.7 Å². The number of nitrogens with one attached hydrogen (secondary N) is 2. The zero-order valence-corrected chi connectivity index (χ0v) is 12.0. The first kappa shape index (κ1) is 16.8. The standard InChI is InChI=1S/C11H13F5N4OS/c12-7(13)8-19-20-10(22-8)18-9(21)17-6(11(14,15)16)5-3-1-2-4-5/h5-7H,1-4H2,(H2,17,18,20,21)/t6-/m1/s1. The minimum absolute atomic E-state index is 0.278. The lowest BCUT2D eigenvalue weighted by Gasteiger charge is -2.26. The third kappa shape index (κ3) is 4.24. The smallest absolute Gasteiger partial charge is 0.326 e. The van der Waals surface area contributed by atoms with Crippen molar-refractivity contribution in [2.75, 3.05) is 5.32 Å². The Hall–Kier alpha value is -1.52. The van der Waals surface area contributed by atoms with Crippen molar-refractivity contribution in [3.8, 4) is 0 Å². The van der Waals surface area contributed by atoms with Crippen LogP contribution < -0.4 is 10.6 Å². The molecule has 0 unspecified atom stereocenters.